The number of carbonyl (C=O) groups is 2. The lowest BCUT2D eigenvalue weighted by atomic mass is 10.1. The Kier molecular flexibility index (Phi) is 5.13. The summed E-state index contributed by atoms with van der Waals surface area (Å²) in [6, 6.07) is 6.97. The van der Waals surface area contributed by atoms with E-state index in [2.05, 4.69) is 4.74 Å². The Morgan fingerprint density at radius 3 is 2.81 bits per heavy atom. The van der Waals surface area contributed by atoms with Gasteiger partial charge in [0.25, 0.3) is 0 Å². The molecule has 0 spiro atoms. The van der Waals surface area contributed by atoms with Crippen molar-refractivity contribution in [3.63, 3.8) is 0 Å². The van der Waals surface area contributed by atoms with Gasteiger partial charge in [-0.3, -0.25) is 0 Å². The molecule has 0 saturated carbocycles. The number of carbonyl (C=O) groups excluding carboxylic acids is 2. The lowest BCUT2D eigenvalue weighted by Gasteiger charge is -2.18. The number of hydrogen-bond donors (Lipinski definition) is 0. The summed E-state index contributed by atoms with van der Waals surface area (Å²) < 4.78 is 27.0. The molecule has 3 atom stereocenters. The third-order valence-corrected chi connectivity index (χ3v) is 5.04. The molecular formula is C20H22O7. The van der Waals surface area contributed by atoms with E-state index in [1.165, 1.54) is 7.11 Å². The molecule has 1 aromatic carbocycles. The molecule has 0 bridgehead atoms. The van der Waals surface area contributed by atoms with Crippen molar-refractivity contribution in [1.29, 1.82) is 0 Å². The Bertz CT molecular complexity index is 834. The summed E-state index contributed by atoms with van der Waals surface area (Å²) in [7, 11) is 1.30. The zero-order valence-corrected chi connectivity index (χ0v) is 15.1. The van der Waals surface area contributed by atoms with Crippen molar-refractivity contribution in [1.82, 2.24) is 0 Å². The average Bonchev–Trinajstić information content (AvgIpc) is 3.44. The summed E-state index contributed by atoms with van der Waals surface area (Å²) in [5.41, 5.74) is 1.38. The Labute approximate surface area is 156 Å². The van der Waals surface area contributed by atoms with Gasteiger partial charge in [0.2, 0.25) is 5.76 Å². The van der Waals surface area contributed by atoms with Gasteiger partial charge in [-0.05, 0) is 49.4 Å². The van der Waals surface area contributed by atoms with Gasteiger partial charge < -0.3 is 23.4 Å². The maximum atomic E-state index is 12.3. The number of esters is 2. The summed E-state index contributed by atoms with van der Waals surface area (Å²) in [5, 5.41) is 0.750. The summed E-state index contributed by atoms with van der Waals surface area (Å²) in [4.78, 5) is 23.9. The van der Waals surface area contributed by atoms with Crippen molar-refractivity contribution < 1.29 is 33.0 Å². The first-order chi connectivity index (χ1) is 13.1. The molecule has 4 rings (SSSR count). The number of fused-ring (bicyclic) bond motifs is 1. The van der Waals surface area contributed by atoms with E-state index in [9.17, 15) is 9.59 Å². The fraction of sp³-hybridized carbons (Fsp3) is 0.500. The number of benzene rings is 1. The molecule has 0 radical (unpaired) electrons. The molecule has 7 nitrogen and oxygen atoms in total. The van der Waals surface area contributed by atoms with Gasteiger partial charge in [-0.15, -0.1) is 0 Å². The molecule has 0 aliphatic carbocycles. The summed E-state index contributed by atoms with van der Waals surface area (Å²) >= 11 is 0. The van der Waals surface area contributed by atoms with Crippen LogP contribution in [0.4, 0.5) is 0 Å². The first kappa shape index (κ1) is 18.0. The molecule has 0 N–H and O–H groups in total. The normalized spacial score (nSPS) is 25.0. The van der Waals surface area contributed by atoms with Crippen LogP contribution in [0.5, 0.6) is 0 Å². The lowest BCUT2D eigenvalue weighted by molar-refractivity contribution is -0.160. The molecule has 2 aromatic rings. The first-order valence-corrected chi connectivity index (χ1v) is 9.18. The van der Waals surface area contributed by atoms with Crippen LogP contribution in [0.25, 0.3) is 11.0 Å². The molecule has 144 valence electrons. The predicted molar refractivity (Wildman–Crippen MR) is 94.2 cm³/mol. The number of ether oxygens (including phenoxy) is 4. The van der Waals surface area contributed by atoms with E-state index in [4.69, 9.17) is 18.6 Å². The molecule has 2 fully saturated rings. The second kappa shape index (κ2) is 7.70. The van der Waals surface area contributed by atoms with Crippen molar-refractivity contribution in [2.24, 2.45) is 0 Å². The van der Waals surface area contributed by atoms with Gasteiger partial charge in [0.15, 0.2) is 6.10 Å². The molecule has 3 heterocycles. The van der Waals surface area contributed by atoms with Crippen LogP contribution in [-0.4, -0.2) is 44.0 Å². The second-order valence-corrected chi connectivity index (χ2v) is 6.87. The molecule has 3 unspecified atom stereocenters. The van der Waals surface area contributed by atoms with Crippen LogP contribution < -0.4 is 0 Å². The molecule has 2 saturated heterocycles. The van der Waals surface area contributed by atoms with Crippen molar-refractivity contribution in [2.75, 3.05) is 13.7 Å². The van der Waals surface area contributed by atoms with Crippen LogP contribution in [-0.2, 0) is 30.3 Å². The van der Waals surface area contributed by atoms with E-state index >= 15 is 0 Å². The first-order valence-electron chi connectivity index (χ1n) is 9.18. The third-order valence-electron chi connectivity index (χ3n) is 5.04. The lowest BCUT2D eigenvalue weighted by Crippen LogP contribution is -2.29. The van der Waals surface area contributed by atoms with E-state index in [0.29, 0.717) is 12.0 Å². The fourth-order valence-corrected chi connectivity index (χ4v) is 3.64. The van der Waals surface area contributed by atoms with E-state index in [0.717, 1.165) is 36.8 Å². The average molecular weight is 374 g/mol. The third kappa shape index (κ3) is 3.84. The van der Waals surface area contributed by atoms with Gasteiger partial charge in [-0.25, -0.2) is 9.59 Å². The van der Waals surface area contributed by atoms with Crippen molar-refractivity contribution in [2.45, 2.75) is 50.6 Å². The van der Waals surface area contributed by atoms with Crippen molar-refractivity contribution in [3.8, 4) is 0 Å². The van der Waals surface area contributed by atoms with Crippen LogP contribution >= 0.6 is 0 Å². The van der Waals surface area contributed by atoms with Gasteiger partial charge in [-0.1, -0.05) is 6.07 Å². The minimum atomic E-state index is -0.529. The zero-order valence-electron chi connectivity index (χ0n) is 15.1. The summed E-state index contributed by atoms with van der Waals surface area (Å²) in [6.45, 7) is 0.909. The Hall–Kier alpha value is -2.38. The summed E-state index contributed by atoms with van der Waals surface area (Å²) in [5.74, 6) is -0.738. The summed E-state index contributed by atoms with van der Waals surface area (Å²) in [6.07, 6.45) is 3.09. The van der Waals surface area contributed by atoms with E-state index in [-0.39, 0.29) is 30.5 Å². The predicted octanol–water partition coefficient (Wildman–Crippen LogP) is 2.99. The maximum Gasteiger partial charge on any atom is 0.373 e. The molecule has 7 heteroatoms. The number of hydrogen-bond acceptors (Lipinski definition) is 7. The quantitative estimate of drug-likeness (QED) is 0.744. The van der Waals surface area contributed by atoms with Crippen LogP contribution in [0, 0.1) is 0 Å². The minimum Gasteiger partial charge on any atom is -0.463 e. The SMILES string of the molecule is COC(=O)c1cc2cc(COC(=O)C3CCC(C4CCCO4)O3)ccc2o1. The van der Waals surface area contributed by atoms with E-state index in [1.807, 2.05) is 6.07 Å². The van der Waals surface area contributed by atoms with Crippen molar-refractivity contribution >= 4 is 22.9 Å². The van der Waals surface area contributed by atoms with Gasteiger partial charge >= 0.3 is 11.9 Å². The Morgan fingerprint density at radius 1 is 1.15 bits per heavy atom. The molecule has 2 aliphatic rings. The molecule has 1 aromatic heterocycles. The maximum absolute atomic E-state index is 12.3. The van der Waals surface area contributed by atoms with Crippen LogP contribution in [0.3, 0.4) is 0 Å². The Morgan fingerprint density at radius 2 is 2.04 bits per heavy atom. The molecule has 27 heavy (non-hydrogen) atoms. The van der Waals surface area contributed by atoms with Gasteiger partial charge in [-0.2, -0.15) is 0 Å². The van der Waals surface area contributed by atoms with Crippen LogP contribution in [0.15, 0.2) is 28.7 Å². The topological polar surface area (TPSA) is 84.2 Å². The monoisotopic (exact) mass is 374 g/mol. The Balaban J connectivity index is 1.34. The fourth-order valence-electron chi connectivity index (χ4n) is 3.64. The minimum absolute atomic E-state index is 0.0101. The number of rotatable bonds is 5. The molecule has 2 aliphatic heterocycles. The molecule has 0 amide bonds. The van der Waals surface area contributed by atoms with E-state index < -0.39 is 12.1 Å². The smallest absolute Gasteiger partial charge is 0.373 e. The highest BCUT2D eigenvalue weighted by Gasteiger charge is 2.37. The van der Waals surface area contributed by atoms with Gasteiger partial charge in [0, 0.05) is 12.0 Å². The van der Waals surface area contributed by atoms with Gasteiger partial charge in [0.05, 0.1) is 19.3 Å². The number of furan rings is 1. The highest BCUT2D eigenvalue weighted by Crippen LogP contribution is 2.29. The standard InChI is InChI=1S/C20H22O7/c1-23-19(21)18-10-13-9-12(4-5-14(13)26-18)11-25-20(22)17-7-6-16(27-17)15-3-2-8-24-15/h4-5,9-10,15-17H,2-3,6-8,11H2,1H3. The van der Waals surface area contributed by atoms with Gasteiger partial charge in [0.1, 0.15) is 12.2 Å². The highest BCUT2D eigenvalue weighted by atomic mass is 16.6. The van der Waals surface area contributed by atoms with E-state index in [1.54, 1.807) is 18.2 Å². The zero-order chi connectivity index (χ0) is 18.8. The highest BCUT2D eigenvalue weighted by molar-refractivity contribution is 5.92. The number of methoxy groups -OCH3 is 1. The molecular weight excluding hydrogens is 352 g/mol. The van der Waals surface area contributed by atoms with Crippen LogP contribution in [0.1, 0.15) is 41.8 Å². The second-order valence-electron chi connectivity index (χ2n) is 6.87. The largest absolute Gasteiger partial charge is 0.463 e. The van der Waals surface area contributed by atoms with Crippen molar-refractivity contribution in [3.05, 3.63) is 35.6 Å². The van der Waals surface area contributed by atoms with Crippen LogP contribution in [0.2, 0.25) is 0 Å².